The quantitative estimate of drug-likeness (QED) is 0.586. The van der Waals surface area contributed by atoms with E-state index < -0.39 is 0 Å². The minimum atomic E-state index is -0.203. The molecule has 1 fully saturated rings. The SMILES string of the molecule is Cc1cc(NC(=O)C2CC2)sc1C(=O)Nc1cccc(Oc2ccccc2)c1. The van der Waals surface area contributed by atoms with E-state index in [4.69, 9.17) is 4.74 Å². The Labute approximate surface area is 167 Å². The first-order valence-corrected chi connectivity index (χ1v) is 9.96. The molecule has 1 heterocycles. The van der Waals surface area contributed by atoms with Crippen LogP contribution in [0.2, 0.25) is 0 Å². The van der Waals surface area contributed by atoms with Crippen LogP contribution in [-0.2, 0) is 4.79 Å². The summed E-state index contributed by atoms with van der Waals surface area (Å²) in [5.74, 6) is 1.35. The molecule has 1 saturated carbocycles. The molecule has 2 N–H and O–H groups in total. The van der Waals surface area contributed by atoms with Gasteiger partial charge in [-0.25, -0.2) is 0 Å². The first-order valence-electron chi connectivity index (χ1n) is 9.14. The first kappa shape index (κ1) is 18.3. The van der Waals surface area contributed by atoms with Crippen LogP contribution < -0.4 is 15.4 Å². The van der Waals surface area contributed by atoms with E-state index in [1.54, 1.807) is 6.07 Å². The van der Waals surface area contributed by atoms with Gasteiger partial charge < -0.3 is 15.4 Å². The van der Waals surface area contributed by atoms with Gasteiger partial charge in [-0.2, -0.15) is 0 Å². The van der Waals surface area contributed by atoms with Gasteiger partial charge in [-0.3, -0.25) is 9.59 Å². The molecule has 0 atom stereocenters. The monoisotopic (exact) mass is 392 g/mol. The normalized spacial score (nSPS) is 13.0. The Hall–Kier alpha value is -3.12. The number of aryl methyl sites for hydroxylation is 1. The highest BCUT2D eigenvalue weighted by Gasteiger charge is 2.30. The lowest BCUT2D eigenvalue weighted by atomic mass is 10.2. The molecule has 2 aromatic carbocycles. The smallest absolute Gasteiger partial charge is 0.266 e. The standard InChI is InChI=1S/C22H20N2O3S/c1-14-12-19(24-21(25)15-10-11-15)28-20(14)22(26)23-16-6-5-9-18(13-16)27-17-7-3-2-4-8-17/h2-9,12-13,15H,10-11H2,1H3,(H,23,26)(H,24,25). The molecule has 1 aromatic heterocycles. The zero-order valence-electron chi connectivity index (χ0n) is 15.4. The lowest BCUT2D eigenvalue weighted by Gasteiger charge is -2.09. The van der Waals surface area contributed by atoms with Crippen LogP contribution >= 0.6 is 11.3 Å². The van der Waals surface area contributed by atoms with Gasteiger partial charge in [0.15, 0.2) is 0 Å². The lowest BCUT2D eigenvalue weighted by molar-refractivity contribution is -0.117. The summed E-state index contributed by atoms with van der Waals surface area (Å²) in [5, 5.41) is 6.51. The highest BCUT2D eigenvalue weighted by Crippen LogP contribution is 2.33. The molecule has 0 bridgehead atoms. The van der Waals surface area contributed by atoms with Gasteiger partial charge in [0.2, 0.25) is 5.91 Å². The van der Waals surface area contributed by atoms with Gasteiger partial charge in [-0.05, 0) is 55.7 Å². The number of benzene rings is 2. The number of thiophene rings is 1. The van der Waals surface area contributed by atoms with E-state index in [1.807, 2.05) is 61.5 Å². The fraction of sp³-hybridized carbons (Fsp3) is 0.182. The van der Waals surface area contributed by atoms with Crippen molar-refractivity contribution < 1.29 is 14.3 Å². The number of anilines is 2. The number of carbonyl (C=O) groups excluding carboxylic acids is 2. The van der Waals surface area contributed by atoms with Crippen molar-refractivity contribution in [3.63, 3.8) is 0 Å². The van der Waals surface area contributed by atoms with Crippen LogP contribution in [0.25, 0.3) is 0 Å². The number of hydrogen-bond donors (Lipinski definition) is 2. The van der Waals surface area contributed by atoms with Gasteiger partial charge in [-0.1, -0.05) is 24.3 Å². The molecule has 1 aliphatic carbocycles. The number of amides is 2. The van der Waals surface area contributed by atoms with Gasteiger partial charge >= 0.3 is 0 Å². The van der Waals surface area contributed by atoms with Crippen LogP contribution in [0.15, 0.2) is 60.7 Å². The highest BCUT2D eigenvalue weighted by molar-refractivity contribution is 7.18. The molecule has 0 unspecified atom stereocenters. The second-order valence-electron chi connectivity index (χ2n) is 6.78. The second kappa shape index (κ2) is 7.86. The third-order valence-electron chi connectivity index (χ3n) is 4.39. The molecule has 3 aromatic rings. The molecule has 0 spiro atoms. The number of rotatable bonds is 6. The zero-order valence-corrected chi connectivity index (χ0v) is 16.2. The molecule has 142 valence electrons. The van der Waals surface area contributed by atoms with Crippen molar-refractivity contribution in [2.24, 2.45) is 5.92 Å². The largest absolute Gasteiger partial charge is 0.457 e. The Kier molecular flexibility index (Phi) is 5.12. The van der Waals surface area contributed by atoms with Crippen molar-refractivity contribution in [3.8, 4) is 11.5 Å². The summed E-state index contributed by atoms with van der Waals surface area (Å²) in [5.41, 5.74) is 1.49. The fourth-order valence-electron chi connectivity index (χ4n) is 2.79. The number of hydrogen-bond acceptors (Lipinski definition) is 4. The van der Waals surface area contributed by atoms with Crippen LogP contribution in [-0.4, -0.2) is 11.8 Å². The molecule has 4 rings (SSSR count). The molecule has 28 heavy (non-hydrogen) atoms. The summed E-state index contributed by atoms with van der Waals surface area (Å²) in [7, 11) is 0. The molecule has 0 aliphatic heterocycles. The van der Waals surface area contributed by atoms with Crippen LogP contribution in [0, 0.1) is 12.8 Å². The van der Waals surface area contributed by atoms with Crippen molar-refractivity contribution in [2.75, 3.05) is 10.6 Å². The van der Waals surface area contributed by atoms with Gasteiger partial charge in [-0.15, -0.1) is 11.3 Å². The molecule has 5 nitrogen and oxygen atoms in total. The van der Waals surface area contributed by atoms with Crippen LogP contribution in [0.5, 0.6) is 11.5 Å². The summed E-state index contributed by atoms with van der Waals surface area (Å²) in [6, 6.07) is 18.6. The minimum absolute atomic E-state index is 0.0407. The Morgan fingerprint density at radius 2 is 1.71 bits per heavy atom. The molecular formula is C22H20N2O3S. The average Bonchev–Trinajstić information content (AvgIpc) is 3.46. The average molecular weight is 392 g/mol. The van der Waals surface area contributed by atoms with Gasteiger partial charge in [0.1, 0.15) is 11.5 Å². The summed E-state index contributed by atoms with van der Waals surface area (Å²) in [4.78, 5) is 25.2. The Bertz CT molecular complexity index is 1010. The van der Waals surface area contributed by atoms with E-state index in [-0.39, 0.29) is 17.7 Å². The maximum Gasteiger partial charge on any atom is 0.266 e. The maximum atomic E-state index is 12.7. The molecule has 6 heteroatoms. The maximum absolute atomic E-state index is 12.7. The number of nitrogens with one attached hydrogen (secondary N) is 2. The van der Waals surface area contributed by atoms with E-state index in [0.717, 1.165) is 24.2 Å². The highest BCUT2D eigenvalue weighted by atomic mass is 32.1. The fourth-order valence-corrected chi connectivity index (χ4v) is 3.76. The van der Waals surface area contributed by atoms with Crippen molar-refractivity contribution in [3.05, 3.63) is 71.1 Å². The summed E-state index contributed by atoms with van der Waals surface area (Å²) >= 11 is 1.29. The van der Waals surface area contributed by atoms with Crippen LogP contribution in [0.3, 0.4) is 0 Å². The summed E-state index contributed by atoms with van der Waals surface area (Å²) < 4.78 is 5.81. The van der Waals surface area contributed by atoms with Gasteiger partial charge in [0, 0.05) is 17.7 Å². The topological polar surface area (TPSA) is 67.4 Å². The molecule has 0 saturated heterocycles. The number of carbonyl (C=O) groups is 2. The number of ether oxygens (including phenoxy) is 1. The van der Waals surface area contributed by atoms with Crippen molar-refractivity contribution >= 4 is 33.8 Å². The third kappa shape index (κ3) is 4.40. The van der Waals surface area contributed by atoms with E-state index in [2.05, 4.69) is 10.6 Å². The predicted molar refractivity (Wildman–Crippen MR) is 111 cm³/mol. The van der Waals surface area contributed by atoms with E-state index in [0.29, 0.717) is 21.3 Å². The Balaban J connectivity index is 1.44. The minimum Gasteiger partial charge on any atom is -0.457 e. The molecule has 1 aliphatic rings. The summed E-state index contributed by atoms with van der Waals surface area (Å²) in [6.45, 7) is 1.87. The van der Waals surface area contributed by atoms with Gasteiger partial charge in [0.05, 0.1) is 9.88 Å². The Morgan fingerprint density at radius 3 is 2.46 bits per heavy atom. The van der Waals surface area contributed by atoms with E-state index in [9.17, 15) is 9.59 Å². The third-order valence-corrected chi connectivity index (χ3v) is 5.54. The summed E-state index contributed by atoms with van der Waals surface area (Å²) in [6.07, 6.45) is 1.90. The van der Waals surface area contributed by atoms with Crippen molar-refractivity contribution in [1.82, 2.24) is 0 Å². The molecular weight excluding hydrogens is 372 g/mol. The lowest BCUT2D eigenvalue weighted by Crippen LogP contribution is -2.12. The molecule has 2 amide bonds. The first-order chi connectivity index (χ1) is 13.6. The van der Waals surface area contributed by atoms with E-state index in [1.165, 1.54) is 11.3 Å². The second-order valence-corrected chi connectivity index (χ2v) is 7.84. The Morgan fingerprint density at radius 1 is 0.964 bits per heavy atom. The van der Waals surface area contributed by atoms with Crippen molar-refractivity contribution in [1.29, 1.82) is 0 Å². The van der Waals surface area contributed by atoms with Crippen LogP contribution in [0.4, 0.5) is 10.7 Å². The van der Waals surface area contributed by atoms with Crippen molar-refractivity contribution in [2.45, 2.75) is 19.8 Å². The molecule has 0 radical (unpaired) electrons. The predicted octanol–water partition coefficient (Wildman–Crippen LogP) is 5.45. The van der Waals surface area contributed by atoms with E-state index >= 15 is 0 Å². The number of para-hydroxylation sites is 1. The zero-order chi connectivity index (χ0) is 19.5. The van der Waals surface area contributed by atoms with Gasteiger partial charge in [0.25, 0.3) is 5.91 Å². The van der Waals surface area contributed by atoms with Crippen LogP contribution in [0.1, 0.15) is 28.1 Å².